The number of amides is 1. The average Bonchev–Trinajstić information content (AvgIpc) is 2.37. The number of nitrogens with zero attached hydrogens (tertiary/aromatic N) is 2. The number of allylic oxidation sites excluding steroid dienone is 1. The first kappa shape index (κ1) is 13.9. The van der Waals surface area contributed by atoms with Gasteiger partial charge in [-0.1, -0.05) is 27.7 Å². The second-order valence-electron chi connectivity index (χ2n) is 5.54. The molecule has 0 saturated heterocycles. The Morgan fingerprint density at radius 3 is 2.12 bits per heavy atom. The first-order valence-electron chi connectivity index (χ1n) is 6.42. The molecular weight excluding hydrogens is 212 g/mol. The molecule has 0 aromatic rings. The zero-order valence-corrected chi connectivity index (χ0v) is 11.8. The topological polar surface area (TPSA) is 32.7 Å². The minimum Gasteiger partial charge on any atom is -0.331 e. The SMILES string of the molecule is CC(C)C1=C(C(C)C)N=CC(=O)N(C(C)C)C1. The molecule has 96 valence electrons. The number of hydrogen-bond donors (Lipinski definition) is 0. The Bertz CT molecular complexity index is 351. The molecule has 0 bridgehead atoms. The van der Waals surface area contributed by atoms with Crippen molar-refractivity contribution in [2.45, 2.75) is 47.6 Å². The summed E-state index contributed by atoms with van der Waals surface area (Å²) in [5, 5.41) is 0. The maximum atomic E-state index is 11.9. The Labute approximate surface area is 105 Å². The fourth-order valence-corrected chi connectivity index (χ4v) is 2.06. The molecular formula is C14H24N2O. The highest BCUT2D eigenvalue weighted by Gasteiger charge is 2.24. The minimum absolute atomic E-state index is 0.0220. The van der Waals surface area contributed by atoms with Crippen molar-refractivity contribution in [3.05, 3.63) is 11.3 Å². The summed E-state index contributed by atoms with van der Waals surface area (Å²) in [6.07, 6.45) is 1.48. The van der Waals surface area contributed by atoms with Gasteiger partial charge in [-0.25, -0.2) is 0 Å². The lowest BCUT2D eigenvalue weighted by Gasteiger charge is -2.27. The van der Waals surface area contributed by atoms with E-state index in [1.165, 1.54) is 11.8 Å². The van der Waals surface area contributed by atoms with Crippen molar-refractivity contribution in [1.29, 1.82) is 0 Å². The lowest BCUT2D eigenvalue weighted by atomic mass is 9.95. The van der Waals surface area contributed by atoms with E-state index in [2.05, 4.69) is 32.7 Å². The summed E-state index contributed by atoms with van der Waals surface area (Å²) >= 11 is 0. The van der Waals surface area contributed by atoms with Gasteiger partial charge in [0, 0.05) is 18.3 Å². The standard InChI is InChI=1S/C14H24N2O/c1-9(2)12-8-16(11(5)6)13(17)7-15-14(12)10(3)4/h7,9-11H,8H2,1-6H3. The molecule has 0 aromatic carbocycles. The molecule has 0 aliphatic carbocycles. The number of carbonyl (C=O) groups excluding carboxylic acids is 1. The van der Waals surface area contributed by atoms with E-state index in [-0.39, 0.29) is 11.9 Å². The molecule has 1 amide bonds. The van der Waals surface area contributed by atoms with Crippen molar-refractivity contribution in [1.82, 2.24) is 4.90 Å². The monoisotopic (exact) mass is 236 g/mol. The van der Waals surface area contributed by atoms with E-state index < -0.39 is 0 Å². The maximum Gasteiger partial charge on any atom is 0.265 e. The van der Waals surface area contributed by atoms with E-state index in [1.54, 1.807) is 0 Å². The van der Waals surface area contributed by atoms with E-state index >= 15 is 0 Å². The zero-order valence-electron chi connectivity index (χ0n) is 11.8. The highest BCUT2D eigenvalue weighted by atomic mass is 16.2. The van der Waals surface area contributed by atoms with Gasteiger partial charge in [-0.15, -0.1) is 0 Å². The fraction of sp³-hybridized carbons (Fsp3) is 0.714. The van der Waals surface area contributed by atoms with Crippen molar-refractivity contribution >= 4 is 12.1 Å². The van der Waals surface area contributed by atoms with Crippen LogP contribution in [0.4, 0.5) is 0 Å². The van der Waals surface area contributed by atoms with E-state index in [1.807, 2.05) is 18.7 Å². The van der Waals surface area contributed by atoms with Gasteiger partial charge in [-0.05, 0) is 31.3 Å². The second-order valence-corrected chi connectivity index (χ2v) is 5.54. The summed E-state index contributed by atoms with van der Waals surface area (Å²) in [6, 6.07) is 0.217. The van der Waals surface area contributed by atoms with Crippen LogP contribution in [0.15, 0.2) is 16.3 Å². The predicted octanol–water partition coefficient (Wildman–Crippen LogP) is 2.87. The van der Waals surface area contributed by atoms with Gasteiger partial charge in [0.05, 0.1) is 6.21 Å². The van der Waals surface area contributed by atoms with Gasteiger partial charge in [-0.3, -0.25) is 9.79 Å². The van der Waals surface area contributed by atoms with E-state index in [0.717, 1.165) is 5.70 Å². The van der Waals surface area contributed by atoms with Gasteiger partial charge in [0.15, 0.2) is 0 Å². The quantitative estimate of drug-likeness (QED) is 0.741. The molecule has 1 aliphatic heterocycles. The van der Waals surface area contributed by atoms with Crippen LogP contribution in [0.1, 0.15) is 41.5 Å². The van der Waals surface area contributed by atoms with Crippen LogP contribution in [-0.2, 0) is 4.79 Å². The molecule has 0 atom stereocenters. The van der Waals surface area contributed by atoms with Crippen LogP contribution in [0.3, 0.4) is 0 Å². The maximum absolute atomic E-state index is 11.9. The molecule has 0 aromatic heterocycles. The first-order valence-corrected chi connectivity index (χ1v) is 6.42. The summed E-state index contributed by atoms with van der Waals surface area (Å²) < 4.78 is 0. The predicted molar refractivity (Wildman–Crippen MR) is 72.0 cm³/mol. The largest absolute Gasteiger partial charge is 0.331 e. The summed E-state index contributed by atoms with van der Waals surface area (Å²) in [6.45, 7) is 13.4. The third kappa shape index (κ3) is 3.18. The van der Waals surface area contributed by atoms with Crippen LogP contribution in [-0.4, -0.2) is 29.6 Å². The third-order valence-corrected chi connectivity index (χ3v) is 3.13. The molecule has 0 saturated carbocycles. The highest BCUT2D eigenvalue weighted by molar-refractivity contribution is 6.26. The first-order chi connectivity index (χ1) is 7.84. The van der Waals surface area contributed by atoms with Gasteiger partial charge in [0.2, 0.25) is 0 Å². The van der Waals surface area contributed by atoms with Crippen LogP contribution in [0.2, 0.25) is 0 Å². The van der Waals surface area contributed by atoms with Gasteiger partial charge in [0.25, 0.3) is 5.91 Å². The lowest BCUT2D eigenvalue weighted by Crippen LogP contribution is -2.39. The van der Waals surface area contributed by atoms with Crippen LogP contribution in [0, 0.1) is 11.8 Å². The molecule has 1 rings (SSSR count). The van der Waals surface area contributed by atoms with Crippen molar-refractivity contribution in [2.24, 2.45) is 16.8 Å². The minimum atomic E-state index is 0.0220. The molecule has 0 spiro atoms. The van der Waals surface area contributed by atoms with E-state index in [4.69, 9.17) is 0 Å². The van der Waals surface area contributed by atoms with Crippen LogP contribution in [0.25, 0.3) is 0 Å². The summed E-state index contributed by atoms with van der Waals surface area (Å²) in [5.74, 6) is 0.814. The summed E-state index contributed by atoms with van der Waals surface area (Å²) in [5.41, 5.74) is 2.37. The van der Waals surface area contributed by atoms with Crippen LogP contribution in [0.5, 0.6) is 0 Å². The van der Waals surface area contributed by atoms with Gasteiger partial charge in [-0.2, -0.15) is 0 Å². The fourth-order valence-electron chi connectivity index (χ4n) is 2.06. The molecule has 0 N–H and O–H groups in total. The molecule has 0 radical (unpaired) electrons. The van der Waals surface area contributed by atoms with Crippen molar-refractivity contribution in [2.75, 3.05) is 6.54 Å². The number of hydrogen-bond acceptors (Lipinski definition) is 2. The lowest BCUT2D eigenvalue weighted by molar-refractivity contribution is -0.124. The highest BCUT2D eigenvalue weighted by Crippen LogP contribution is 2.25. The summed E-state index contributed by atoms with van der Waals surface area (Å²) in [4.78, 5) is 18.2. The van der Waals surface area contributed by atoms with Crippen LogP contribution < -0.4 is 0 Å². The second kappa shape index (κ2) is 5.48. The molecule has 0 fully saturated rings. The van der Waals surface area contributed by atoms with Gasteiger partial charge in [0.1, 0.15) is 0 Å². The molecule has 1 aliphatic rings. The third-order valence-electron chi connectivity index (χ3n) is 3.13. The molecule has 3 nitrogen and oxygen atoms in total. The van der Waals surface area contributed by atoms with Gasteiger partial charge >= 0.3 is 0 Å². The average molecular weight is 236 g/mol. The summed E-state index contributed by atoms with van der Waals surface area (Å²) in [7, 11) is 0. The smallest absolute Gasteiger partial charge is 0.265 e. The Morgan fingerprint density at radius 1 is 1.12 bits per heavy atom. The molecule has 0 unspecified atom stereocenters. The van der Waals surface area contributed by atoms with E-state index in [9.17, 15) is 4.79 Å². The van der Waals surface area contributed by atoms with Crippen molar-refractivity contribution in [3.8, 4) is 0 Å². The van der Waals surface area contributed by atoms with Crippen molar-refractivity contribution < 1.29 is 4.79 Å². The number of aliphatic imine (C=N–C) groups is 1. The number of carbonyl (C=O) groups is 1. The Morgan fingerprint density at radius 2 is 1.71 bits per heavy atom. The molecule has 1 heterocycles. The Hall–Kier alpha value is -1.12. The van der Waals surface area contributed by atoms with E-state index in [0.29, 0.717) is 18.4 Å². The normalized spacial score (nSPS) is 17.7. The molecule has 3 heteroatoms. The zero-order chi connectivity index (χ0) is 13.2. The number of rotatable bonds is 3. The van der Waals surface area contributed by atoms with Crippen LogP contribution >= 0.6 is 0 Å². The molecule has 17 heavy (non-hydrogen) atoms. The van der Waals surface area contributed by atoms with Crippen molar-refractivity contribution in [3.63, 3.8) is 0 Å². The Balaban J connectivity index is 3.16. The Kier molecular flexibility index (Phi) is 4.49. The van der Waals surface area contributed by atoms with Gasteiger partial charge < -0.3 is 4.90 Å².